The molecule has 0 N–H and O–H groups in total. The third kappa shape index (κ3) is 9.48. The van der Waals surface area contributed by atoms with E-state index >= 15 is 0 Å². The first-order valence-corrected chi connectivity index (χ1v) is 9.18. The maximum Gasteiger partial charge on any atom is 0.505 e. The summed E-state index contributed by atoms with van der Waals surface area (Å²) in [5.74, 6) is 0. The summed E-state index contributed by atoms with van der Waals surface area (Å²) in [5, 5.41) is 0. The Morgan fingerprint density at radius 2 is 1.42 bits per heavy atom. The standard InChI is InChI=1S/C13H28F2O3Si/c1-5-8-9-10-11-12-19(16-6-2,17-7-3)18-13(4,14)15/h5-12H2,1-4H3. The van der Waals surface area contributed by atoms with Gasteiger partial charge in [0.1, 0.15) is 0 Å². The van der Waals surface area contributed by atoms with Crippen LogP contribution in [-0.2, 0) is 13.3 Å². The molecule has 0 rings (SSSR count). The molecular weight excluding hydrogens is 270 g/mol. The highest BCUT2D eigenvalue weighted by Crippen LogP contribution is 2.27. The Kier molecular flexibility index (Phi) is 9.77. The van der Waals surface area contributed by atoms with Crippen LogP contribution in [0.25, 0.3) is 0 Å². The van der Waals surface area contributed by atoms with Gasteiger partial charge in [-0.3, -0.25) is 0 Å². The SMILES string of the molecule is CCCCCCC[Si](OCC)(OCC)OC(C)(F)F. The second kappa shape index (κ2) is 9.80. The van der Waals surface area contributed by atoms with Crippen LogP contribution in [0.3, 0.4) is 0 Å². The lowest BCUT2D eigenvalue weighted by atomic mass is 10.2. The first kappa shape index (κ1) is 19.0. The van der Waals surface area contributed by atoms with Crippen molar-refractivity contribution in [1.29, 1.82) is 0 Å². The molecule has 0 heterocycles. The number of unbranched alkanes of at least 4 members (excludes halogenated alkanes) is 4. The monoisotopic (exact) mass is 298 g/mol. The van der Waals surface area contributed by atoms with E-state index in [0.717, 1.165) is 32.6 Å². The van der Waals surface area contributed by atoms with Crippen molar-refractivity contribution in [3.8, 4) is 0 Å². The van der Waals surface area contributed by atoms with Crippen LogP contribution in [0.2, 0.25) is 6.04 Å². The Balaban J connectivity index is 4.44. The average Bonchev–Trinajstić information content (AvgIpc) is 2.27. The molecule has 0 bridgehead atoms. The van der Waals surface area contributed by atoms with Crippen LogP contribution in [0.1, 0.15) is 59.8 Å². The summed E-state index contributed by atoms with van der Waals surface area (Å²) in [6.45, 7) is 7.09. The van der Waals surface area contributed by atoms with Crippen LogP contribution in [0.5, 0.6) is 0 Å². The molecule has 0 aromatic rings. The second-order valence-corrected chi connectivity index (χ2v) is 7.27. The molecule has 0 fully saturated rings. The van der Waals surface area contributed by atoms with Crippen molar-refractivity contribution < 1.29 is 22.1 Å². The van der Waals surface area contributed by atoms with Gasteiger partial charge in [-0.2, -0.15) is 8.78 Å². The lowest BCUT2D eigenvalue weighted by molar-refractivity contribution is -0.194. The van der Waals surface area contributed by atoms with E-state index in [1.165, 1.54) is 6.42 Å². The summed E-state index contributed by atoms with van der Waals surface area (Å²) < 4.78 is 42.1. The predicted molar refractivity (Wildman–Crippen MR) is 74.3 cm³/mol. The van der Waals surface area contributed by atoms with Crippen LogP contribution < -0.4 is 0 Å². The Morgan fingerprint density at radius 1 is 0.895 bits per heavy atom. The lowest BCUT2D eigenvalue weighted by Gasteiger charge is -2.31. The highest BCUT2D eigenvalue weighted by Gasteiger charge is 2.47. The normalized spacial score (nSPS) is 12.9. The summed E-state index contributed by atoms with van der Waals surface area (Å²) in [4.78, 5) is 0. The Labute approximate surface area is 117 Å². The summed E-state index contributed by atoms with van der Waals surface area (Å²) in [5.41, 5.74) is 0. The second-order valence-electron chi connectivity index (χ2n) is 4.62. The topological polar surface area (TPSA) is 27.7 Å². The first-order chi connectivity index (χ1) is 8.89. The van der Waals surface area contributed by atoms with Gasteiger partial charge in [0.25, 0.3) is 0 Å². The van der Waals surface area contributed by atoms with E-state index in [1.807, 2.05) is 0 Å². The van der Waals surface area contributed by atoms with Gasteiger partial charge in [0.2, 0.25) is 0 Å². The zero-order chi connectivity index (χ0) is 14.8. The third-order valence-corrected chi connectivity index (χ3v) is 5.74. The zero-order valence-electron chi connectivity index (χ0n) is 12.6. The van der Waals surface area contributed by atoms with Crippen LogP contribution in [0.15, 0.2) is 0 Å². The fraction of sp³-hybridized carbons (Fsp3) is 1.00. The van der Waals surface area contributed by atoms with E-state index in [1.54, 1.807) is 13.8 Å². The molecular formula is C13H28F2O3Si. The van der Waals surface area contributed by atoms with Crippen molar-refractivity contribution in [3.63, 3.8) is 0 Å². The molecule has 0 unspecified atom stereocenters. The number of rotatable bonds is 12. The Hall–Kier alpha value is -0.0431. The van der Waals surface area contributed by atoms with Gasteiger partial charge in [-0.15, -0.1) is 0 Å². The minimum Gasteiger partial charge on any atom is -0.374 e. The molecule has 0 aliphatic rings. The van der Waals surface area contributed by atoms with Crippen molar-refractivity contribution in [1.82, 2.24) is 0 Å². The van der Waals surface area contributed by atoms with Crippen molar-refractivity contribution in [2.45, 2.75) is 72.0 Å². The molecule has 0 aromatic heterocycles. The van der Waals surface area contributed by atoms with Crippen LogP contribution in [0, 0.1) is 0 Å². The van der Waals surface area contributed by atoms with Crippen molar-refractivity contribution in [3.05, 3.63) is 0 Å². The van der Waals surface area contributed by atoms with Gasteiger partial charge in [-0.25, -0.2) is 0 Å². The molecule has 0 saturated heterocycles. The molecule has 116 valence electrons. The predicted octanol–water partition coefficient (Wildman–Crippen LogP) is 4.60. The molecule has 0 saturated carbocycles. The molecule has 0 radical (unpaired) electrons. The highest BCUT2D eigenvalue weighted by molar-refractivity contribution is 6.60. The van der Waals surface area contributed by atoms with Crippen molar-refractivity contribution >= 4 is 8.80 Å². The molecule has 0 amide bonds. The van der Waals surface area contributed by atoms with Gasteiger partial charge in [0.15, 0.2) is 0 Å². The molecule has 0 atom stereocenters. The van der Waals surface area contributed by atoms with E-state index in [0.29, 0.717) is 19.3 Å². The van der Waals surface area contributed by atoms with E-state index in [9.17, 15) is 8.78 Å². The largest absolute Gasteiger partial charge is 0.505 e. The van der Waals surface area contributed by atoms with Gasteiger partial charge in [0, 0.05) is 26.2 Å². The van der Waals surface area contributed by atoms with Gasteiger partial charge in [-0.05, 0) is 20.3 Å². The van der Waals surface area contributed by atoms with E-state index in [-0.39, 0.29) is 0 Å². The molecule has 0 aliphatic heterocycles. The van der Waals surface area contributed by atoms with Crippen LogP contribution in [-0.4, -0.2) is 28.1 Å². The van der Waals surface area contributed by atoms with Gasteiger partial charge >= 0.3 is 14.9 Å². The molecule has 0 aromatic carbocycles. The number of hydrogen-bond donors (Lipinski definition) is 0. The Bertz CT molecular complexity index is 216. The molecule has 3 nitrogen and oxygen atoms in total. The number of halogens is 2. The maximum absolute atomic E-state index is 13.1. The van der Waals surface area contributed by atoms with Crippen LogP contribution >= 0.6 is 0 Å². The minimum absolute atomic E-state index is 0.331. The van der Waals surface area contributed by atoms with Crippen molar-refractivity contribution in [2.24, 2.45) is 0 Å². The fourth-order valence-corrected chi connectivity index (χ4v) is 4.65. The fourth-order valence-electron chi connectivity index (χ4n) is 1.95. The van der Waals surface area contributed by atoms with Gasteiger partial charge in [0.05, 0.1) is 0 Å². The molecule has 6 heteroatoms. The van der Waals surface area contributed by atoms with Crippen molar-refractivity contribution in [2.75, 3.05) is 13.2 Å². The van der Waals surface area contributed by atoms with Gasteiger partial charge < -0.3 is 13.3 Å². The van der Waals surface area contributed by atoms with E-state index in [4.69, 9.17) is 13.3 Å². The zero-order valence-corrected chi connectivity index (χ0v) is 13.6. The summed E-state index contributed by atoms with van der Waals surface area (Å²) in [6.07, 6.45) is 2.04. The molecule has 0 aliphatic carbocycles. The summed E-state index contributed by atoms with van der Waals surface area (Å²) in [7, 11) is -3.24. The molecule has 0 spiro atoms. The smallest absolute Gasteiger partial charge is 0.374 e. The number of hydrogen-bond acceptors (Lipinski definition) is 3. The van der Waals surface area contributed by atoms with Gasteiger partial charge in [-0.1, -0.05) is 32.6 Å². The first-order valence-electron chi connectivity index (χ1n) is 7.25. The summed E-state index contributed by atoms with van der Waals surface area (Å²) in [6, 6.07) is 0.460. The quantitative estimate of drug-likeness (QED) is 0.389. The average molecular weight is 298 g/mol. The Morgan fingerprint density at radius 3 is 1.84 bits per heavy atom. The van der Waals surface area contributed by atoms with E-state index in [2.05, 4.69) is 6.92 Å². The maximum atomic E-state index is 13.1. The minimum atomic E-state index is -3.24. The summed E-state index contributed by atoms with van der Waals surface area (Å²) >= 11 is 0. The molecule has 19 heavy (non-hydrogen) atoms. The number of alkyl halides is 2. The highest BCUT2D eigenvalue weighted by atomic mass is 28.4. The van der Waals surface area contributed by atoms with E-state index < -0.39 is 14.9 Å². The lowest BCUT2D eigenvalue weighted by Crippen LogP contribution is -2.49. The van der Waals surface area contributed by atoms with Crippen LogP contribution in [0.4, 0.5) is 8.78 Å². The third-order valence-electron chi connectivity index (χ3n) is 2.65.